The van der Waals surface area contributed by atoms with E-state index in [2.05, 4.69) is 20.6 Å². The summed E-state index contributed by atoms with van der Waals surface area (Å²) in [6, 6.07) is 9.26. The maximum atomic E-state index is 12.6. The number of benzene rings is 1. The summed E-state index contributed by atoms with van der Waals surface area (Å²) < 4.78 is 39.8. The Morgan fingerprint density at radius 3 is 2.33 bits per heavy atom. The van der Waals surface area contributed by atoms with Crippen molar-refractivity contribution < 1.29 is 13.2 Å². The molecule has 0 unspecified atom stereocenters. The summed E-state index contributed by atoms with van der Waals surface area (Å²) in [5.74, 6) is 0.650. The van der Waals surface area contributed by atoms with Crippen molar-refractivity contribution in [2.45, 2.75) is 25.9 Å². The number of rotatable bonds is 6. The number of alkyl halides is 3. The van der Waals surface area contributed by atoms with Gasteiger partial charge in [-0.15, -0.1) is 24.0 Å². The highest BCUT2D eigenvalue weighted by Crippen LogP contribution is 2.29. The monoisotopic (exact) mass is 531 g/mol. The lowest BCUT2D eigenvalue weighted by molar-refractivity contribution is -0.137. The summed E-state index contributed by atoms with van der Waals surface area (Å²) in [4.78, 5) is 8.82. The van der Waals surface area contributed by atoms with Crippen molar-refractivity contribution >= 4 is 35.6 Å². The van der Waals surface area contributed by atoms with E-state index in [-0.39, 0.29) is 24.0 Å². The van der Waals surface area contributed by atoms with Crippen LogP contribution in [0.5, 0.6) is 0 Å². The Bertz CT molecular complexity index is 980. The lowest BCUT2D eigenvalue weighted by Crippen LogP contribution is -2.39. The van der Waals surface area contributed by atoms with Gasteiger partial charge in [0.1, 0.15) is 5.65 Å². The summed E-state index contributed by atoms with van der Waals surface area (Å²) in [7, 11) is 1.68. The quantitative estimate of drug-likeness (QED) is 0.285. The number of nitrogens with one attached hydrogen (secondary N) is 2. The fourth-order valence-electron chi connectivity index (χ4n) is 3.04. The third-order valence-corrected chi connectivity index (χ3v) is 4.61. The lowest BCUT2D eigenvalue weighted by atomic mass is 10.1. The molecule has 0 aliphatic carbocycles. The Labute approximate surface area is 190 Å². The number of guanidine groups is 1. The van der Waals surface area contributed by atoms with Gasteiger partial charge in [0.15, 0.2) is 5.96 Å². The van der Waals surface area contributed by atoms with E-state index in [0.29, 0.717) is 25.5 Å². The molecule has 0 fully saturated rings. The van der Waals surface area contributed by atoms with Crippen molar-refractivity contribution in [3.05, 3.63) is 71.2 Å². The van der Waals surface area contributed by atoms with Crippen LogP contribution in [0.25, 0.3) is 5.65 Å². The molecule has 162 valence electrons. The molecule has 9 heteroatoms. The number of aromatic nitrogens is 2. The van der Waals surface area contributed by atoms with E-state index in [1.54, 1.807) is 7.05 Å². The zero-order valence-electron chi connectivity index (χ0n) is 16.8. The van der Waals surface area contributed by atoms with Crippen LogP contribution in [0.1, 0.15) is 22.4 Å². The first-order valence-corrected chi connectivity index (χ1v) is 9.40. The van der Waals surface area contributed by atoms with Crippen LogP contribution in [-0.4, -0.2) is 35.5 Å². The van der Waals surface area contributed by atoms with Gasteiger partial charge in [-0.3, -0.25) is 4.99 Å². The van der Waals surface area contributed by atoms with E-state index in [0.717, 1.165) is 41.0 Å². The van der Waals surface area contributed by atoms with Crippen molar-refractivity contribution in [3.8, 4) is 0 Å². The van der Waals surface area contributed by atoms with Gasteiger partial charge in [0.2, 0.25) is 0 Å². The SMILES string of the molecule is CN=C(NCCc1ccc(C(F)(F)F)cc1)NCCc1cn2cccc(C)c2n1.I. The van der Waals surface area contributed by atoms with Crippen molar-refractivity contribution in [3.63, 3.8) is 0 Å². The highest BCUT2D eigenvalue weighted by Gasteiger charge is 2.29. The van der Waals surface area contributed by atoms with Crippen LogP contribution in [0.15, 0.2) is 53.8 Å². The second-order valence-corrected chi connectivity index (χ2v) is 6.77. The molecule has 0 saturated carbocycles. The Balaban J connectivity index is 0.00000320. The van der Waals surface area contributed by atoms with E-state index < -0.39 is 11.7 Å². The van der Waals surface area contributed by atoms with Gasteiger partial charge in [0.05, 0.1) is 11.3 Å². The molecule has 2 aromatic heterocycles. The summed E-state index contributed by atoms with van der Waals surface area (Å²) >= 11 is 0. The molecule has 1 aromatic carbocycles. The van der Waals surface area contributed by atoms with Gasteiger partial charge in [0.25, 0.3) is 0 Å². The highest BCUT2D eigenvalue weighted by atomic mass is 127. The number of hydrogen-bond acceptors (Lipinski definition) is 2. The van der Waals surface area contributed by atoms with Crippen molar-refractivity contribution in [1.82, 2.24) is 20.0 Å². The van der Waals surface area contributed by atoms with Crippen LogP contribution in [0.2, 0.25) is 0 Å². The molecular formula is C21H25F3IN5. The largest absolute Gasteiger partial charge is 0.416 e. The maximum Gasteiger partial charge on any atom is 0.416 e. The average Bonchev–Trinajstić information content (AvgIpc) is 3.11. The van der Waals surface area contributed by atoms with Gasteiger partial charge in [-0.25, -0.2) is 4.98 Å². The normalized spacial score (nSPS) is 12.0. The molecule has 2 N–H and O–H groups in total. The molecule has 3 rings (SSSR count). The average molecular weight is 531 g/mol. The first kappa shape index (κ1) is 24.0. The number of fused-ring (bicyclic) bond motifs is 1. The minimum absolute atomic E-state index is 0. The molecule has 2 heterocycles. The number of halogens is 4. The van der Waals surface area contributed by atoms with Crippen LogP contribution < -0.4 is 10.6 Å². The van der Waals surface area contributed by atoms with Gasteiger partial charge in [-0.05, 0) is 42.7 Å². The third kappa shape index (κ3) is 6.35. The molecule has 0 spiro atoms. The highest BCUT2D eigenvalue weighted by molar-refractivity contribution is 14.0. The molecule has 0 aliphatic heterocycles. The maximum absolute atomic E-state index is 12.6. The molecule has 30 heavy (non-hydrogen) atoms. The first-order valence-electron chi connectivity index (χ1n) is 9.40. The van der Waals surface area contributed by atoms with Gasteiger partial charge >= 0.3 is 6.18 Å². The zero-order valence-corrected chi connectivity index (χ0v) is 19.2. The van der Waals surface area contributed by atoms with E-state index in [4.69, 9.17) is 0 Å². The first-order chi connectivity index (χ1) is 13.9. The topological polar surface area (TPSA) is 53.7 Å². The number of pyridine rings is 1. The lowest BCUT2D eigenvalue weighted by Gasteiger charge is -2.12. The minimum atomic E-state index is -4.30. The van der Waals surface area contributed by atoms with Crippen molar-refractivity contribution in [1.29, 1.82) is 0 Å². The van der Waals surface area contributed by atoms with E-state index in [9.17, 15) is 13.2 Å². The Morgan fingerprint density at radius 1 is 1.07 bits per heavy atom. The summed E-state index contributed by atoms with van der Waals surface area (Å²) in [5, 5.41) is 6.41. The van der Waals surface area contributed by atoms with Gasteiger partial charge < -0.3 is 15.0 Å². The van der Waals surface area contributed by atoms with Gasteiger partial charge in [-0.2, -0.15) is 13.2 Å². The van der Waals surface area contributed by atoms with Crippen LogP contribution in [0.3, 0.4) is 0 Å². The minimum Gasteiger partial charge on any atom is -0.356 e. The molecule has 0 saturated heterocycles. The molecule has 5 nitrogen and oxygen atoms in total. The summed E-state index contributed by atoms with van der Waals surface area (Å²) in [6.45, 7) is 3.27. The number of imidazole rings is 1. The summed E-state index contributed by atoms with van der Waals surface area (Å²) in [5.41, 5.74) is 3.29. The van der Waals surface area contributed by atoms with Crippen LogP contribution >= 0.6 is 24.0 Å². The van der Waals surface area contributed by atoms with Crippen LogP contribution in [0, 0.1) is 6.92 Å². The molecule has 0 amide bonds. The molecule has 3 aromatic rings. The van der Waals surface area contributed by atoms with Gasteiger partial charge in [-0.1, -0.05) is 18.2 Å². The number of hydrogen-bond donors (Lipinski definition) is 2. The predicted octanol–water partition coefficient (Wildman–Crippen LogP) is 4.23. The third-order valence-electron chi connectivity index (χ3n) is 4.61. The zero-order chi connectivity index (χ0) is 20.9. The second-order valence-electron chi connectivity index (χ2n) is 6.77. The molecular weight excluding hydrogens is 506 g/mol. The van der Waals surface area contributed by atoms with Crippen molar-refractivity contribution in [2.75, 3.05) is 20.1 Å². The Hall–Kier alpha value is -2.30. The fraction of sp³-hybridized carbons (Fsp3) is 0.333. The Kier molecular flexibility index (Phi) is 8.51. The molecule has 0 aliphatic rings. The standard InChI is InChI=1S/C21H24F3N5.HI/c1-15-4-3-13-29-14-18(28-19(15)29)10-12-27-20(25-2)26-11-9-16-5-7-17(8-6-16)21(22,23)24;/h3-8,13-14H,9-12H2,1-2H3,(H2,25,26,27);1H. The van der Waals surface area contributed by atoms with Gasteiger partial charge in [0, 0.05) is 39.0 Å². The molecule has 0 atom stereocenters. The number of aryl methyl sites for hydroxylation is 1. The molecule has 0 bridgehead atoms. The number of aliphatic imine (C=N–C) groups is 1. The van der Waals surface area contributed by atoms with Crippen LogP contribution in [0.4, 0.5) is 13.2 Å². The molecule has 0 radical (unpaired) electrons. The number of nitrogens with zero attached hydrogens (tertiary/aromatic N) is 3. The Morgan fingerprint density at radius 2 is 1.73 bits per heavy atom. The van der Waals surface area contributed by atoms with Crippen LogP contribution in [-0.2, 0) is 19.0 Å². The van der Waals surface area contributed by atoms with Crippen molar-refractivity contribution in [2.24, 2.45) is 4.99 Å². The van der Waals surface area contributed by atoms with E-state index >= 15 is 0 Å². The predicted molar refractivity (Wildman–Crippen MR) is 124 cm³/mol. The fourth-order valence-corrected chi connectivity index (χ4v) is 3.04. The smallest absolute Gasteiger partial charge is 0.356 e. The summed E-state index contributed by atoms with van der Waals surface area (Å²) in [6.07, 6.45) is 1.05. The second kappa shape index (κ2) is 10.6. The van der Waals surface area contributed by atoms with E-state index in [1.165, 1.54) is 12.1 Å². The van der Waals surface area contributed by atoms with E-state index in [1.807, 2.05) is 35.9 Å².